The first-order valence-electron chi connectivity index (χ1n) is 4.46. The summed E-state index contributed by atoms with van der Waals surface area (Å²) in [6.45, 7) is 7.18. The molecule has 0 fully saturated rings. The van der Waals surface area contributed by atoms with Crippen molar-refractivity contribution in [3.8, 4) is 0 Å². The second-order valence-electron chi connectivity index (χ2n) is 4.56. The van der Waals surface area contributed by atoms with Gasteiger partial charge in [-0.25, -0.2) is 4.68 Å². The highest BCUT2D eigenvalue weighted by molar-refractivity contribution is 4.93. The summed E-state index contributed by atoms with van der Waals surface area (Å²) >= 11 is 0. The van der Waals surface area contributed by atoms with Crippen LogP contribution in [0.15, 0.2) is 6.20 Å². The second kappa shape index (κ2) is 3.46. The Kier molecular flexibility index (Phi) is 2.71. The largest absolute Gasteiger partial charge is 0.303 e. The van der Waals surface area contributed by atoms with Gasteiger partial charge in [-0.1, -0.05) is 5.21 Å². The van der Waals surface area contributed by atoms with Crippen molar-refractivity contribution in [3.63, 3.8) is 0 Å². The summed E-state index contributed by atoms with van der Waals surface area (Å²) in [5, 5.41) is 8.17. The molecular formula is C9H18N4. The molecule has 13 heavy (non-hydrogen) atoms. The van der Waals surface area contributed by atoms with E-state index in [1.807, 2.05) is 25.0 Å². The van der Waals surface area contributed by atoms with Crippen LogP contribution in [0.5, 0.6) is 0 Å². The molecule has 0 aliphatic rings. The molecule has 1 aromatic rings. The number of nitrogens with zero attached hydrogens (tertiary/aromatic N) is 4. The van der Waals surface area contributed by atoms with Crippen molar-refractivity contribution in [1.29, 1.82) is 0 Å². The van der Waals surface area contributed by atoms with Crippen LogP contribution in [0.2, 0.25) is 0 Å². The predicted octanol–water partition coefficient (Wildman–Crippen LogP) is 1.09. The fraction of sp³-hybridized carbons (Fsp3) is 0.778. The Morgan fingerprint density at radius 1 is 1.38 bits per heavy atom. The Morgan fingerprint density at radius 2 is 2.00 bits per heavy atom. The monoisotopic (exact) mass is 182 g/mol. The van der Waals surface area contributed by atoms with Gasteiger partial charge in [0.1, 0.15) is 0 Å². The van der Waals surface area contributed by atoms with E-state index in [-0.39, 0.29) is 5.54 Å². The highest BCUT2D eigenvalue weighted by Gasteiger charge is 2.14. The third-order valence-corrected chi connectivity index (χ3v) is 1.71. The van der Waals surface area contributed by atoms with Crippen LogP contribution in [0.4, 0.5) is 0 Å². The number of rotatable bonds is 2. The maximum absolute atomic E-state index is 4.09. The quantitative estimate of drug-likeness (QED) is 0.686. The van der Waals surface area contributed by atoms with Crippen LogP contribution in [-0.2, 0) is 12.1 Å². The molecule has 0 aromatic carbocycles. The Balaban J connectivity index is 2.75. The molecular weight excluding hydrogens is 164 g/mol. The summed E-state index contributed by atoms with van der Waals surface area (Å²) in [7, 11) is 4.05. The lowest BCUT2D eigenvalue weighted by Crippen LogP contribution is -2.22. The van der Waals surface area contributed by atoms with Gasteiger partial charge in [0.05, 0.1) is 17.4 Å². The standard InChI is InChI=1S/C9H18N4/c1-9(2,3)13-7-8(10-11-13)6-12(4)5/h7H,6H2,1-5H3. The zero-order valence-electron chi connectivity index (χ0n) is 9.07. The molecule has 0 amide bonds. The van der Waals surface area contributed by atoms with Crippen molar-refractivity contribution >= 4 is 0 Å². The molecule has 0 aliphatic carbocycles. The van der Waals surface area contributed by atoms with E-state index in [4.69, 9.17) is 0 Å². The number of hydrogen-bond acceptors (Lipinski definition) is 3. The van der Waals surface area contributed by atoms with E-state index in [9.17, 15) is 0 Å². The van der Waals surface area contributed by atoms with Crippen LogP contribution in [0.1, 0.15) is 26.5 Å². The van der Waals surface area contributed by atoms with E-state index >= 15 is 0 Å². The molecule has 0 N–H and O–H groups in total. The second-order valence-corrected chi connectivity index (χ2v) is 4.56. The summed E-state index contributed by atoms with van der Waals surface area (Å²) in [5.41, 5.74) is 1.04. The van der Waals surface area contributed by atoms with E-state index < -0.39 is 0 Å². The van der Waals surface area contributed by atoms with Gasteiger partial charge in [-0.05, 0) is 34.9 Å². The van der Waals surface area contributed by atoms with Gasteiger partial charge in [-0.2, -0.15) is 0 Å². The SMILES string of the molecule is CN(C)Cc1cn(C(C)(C)C)nn1. The Labute approximate surface area is 79.5 Å². The summed E-state index contributed by atoms with van der Waals surface area (Å²) in [6.07, 6.45) is 2.00. The summed E-state index contributed by atoms with van der Waals surface area (Å²) in [4.78, 5) is 2.08. The molecule has 0 spiro atoms. The lowest BCUT2D eigenvalue weighted by Gasteiger charge is -2.17. The van der Waals surface area contributed by atoms with Crippen LogP contribution in [0.3, 0.4) is 0 Å². The molecule has 0 saturated carbocycles. The van der Waals surface area contributed by atoms with Crippen LogP contribution in [0, 0.1) is 0 Å². The third kappa shape index (κ3) is 2.81. The molecule has 0 radical (unpaired) electrons. The van der Waals surface area contributed by atoms with E-state index in [1.165, 1.54) is 0 Å². The Morgan fingerprint density at radius 3 is 2.38 bits per heavy atom. The average Bonchev–Trinajstić information content (AvgIpc) is 2.32. The third-order valence-electron chi connectivity index (χ3n) is 1.71. The lowest BCUT2D eigenvalue weighted by molar-refractivity contribution is 0.346. The van der Waals surface area contributed by atoms with E-state index in [0.29, 0.717) is 0 Å². The van der Waals surface area contributed by atoms with E-state index in [2.05, 4.69) is 36.0 Å². The molecule has 1 heterocycles. The average molecular weight is 182 g/mol. The van der Waals surface area contributed by atoms with Gasteiger partial charge in [-0.15, -0.1) is 5.10 Å². The molecule has 1 aromatic heterocycles. The molecule has 4 heteroatoms. The highest BCUT2D eigenvalue weighted by atomic mass is 15.4. The normalized spacial score (nSPS) is 12.5. The molecule has 1 rings (SSSR count). The van der Waals surface area contributed by atoms with Gasteiger partial charge >= 0.3 is 0 Å². The van der Waals surface area contributed by atoms with Crippen molar-refractivity contribution in [2.24, 2.45) is 0 Å². The maximum atomic E-state index is 4.09. The van der Waals surface area contributed by atoms with E-state index in [1.54, 1.807) is 0 Å². The maximum Gasteiger partial charge on any atom is 0.0967 e. The molecule has 0 saturated heterocycles. The summed E-state index contributed by atoms with van der Waals surface area (Å²) in [5.74, 6) is 0. The Bertz CT molecular complexity index is 269. The highest BCUT2D eigenvalue weighted by Crippen LogP contribution is 2.11. The molecule has 0 unspecified atom stereocenters. The van der Waals surface area contributed by atoms with Crippen molar-refractivity contribution in [3.05, 3.63) is 11.9 Å². The fourth-order valence-electron chi connectivity index (χ4n) is 1.02. The van der Waals surface area contributed by atoms with Gasteiger partial charge in [-0.3, -0.25) is 0 Å². The minimum atomic E-state index is 0.0254. The van der Waals surface area contributed by atoms with Crippen LogP contribution >= 0.6 is 0 Å². The Hall–Kier alpha value is -0.900. The molecule has 74 valence electrons. The van der Waals surface area contributed by atoms with Gasteiger partial charge in [0.2, 0.25) is 0 Å². The number of aromatic nitrogens is 3. The van der Waals surface area contributed by atoms with Crippen molar-refractivity contribution in [2.45, 2.75) is 32.9 Å². The first-order valence-corrected chi connectivity index (χ1v) is 4.46. The molecule has 4 nitrogen and oxygen atoms in total. The number of hydrogen-bond donors (Lipinski definition) is 0. The van der Waals surface area contributed by atoms with Gasteiger partial charge < -0.3 is 4.90 Å². The molecule has 0 aliphatic heterocycles. The minimum Gasteiger partial charge on any atom is -0.303 e. The van der Waals surface area contributed by atoms with Gasteiger partial charge in [0, 0.05) is 6.54 Å². The minimum absolute atomic E-state index is 0.0254. The lowest BCUT2D eigenvalue weighted by atomic mass is 10.1. The van der Waals surface area contributed by atoms with Crippen molar-refractivity contribution < 1.29 is 0 Å². The van der Waals surface area contributed by atoms with Crippen molar-refractivity contribution in [1.82, 2.24) is 19.9 Å². The van der Waals surface area contributed by atoms with Crippen LogP contribution in [0.25, 0.3) is 0 Å². The summed E-state index contributed by atoms with van der Waals surface area (Å²) in [6, 6.07) is 0. The predicted molar refractivity (Wildman–Crippen MR) is 52.4 cm³/mol. The van der Waals surface area contributed by atoms with Gasteiger partial charge in [0.15, 0.2) is 0 Å². The topological polar surface area (TPSA) is 34.0 Å². The van der Waals surface area contributed by atoms with Crippen LogP contribution < -0.4 is 0 Å². The fourth-order valence-corrected chi connectivity index (χ4v) is 1.02. The first kappa shape index (κ1) is 10.2. The van der Waals surface area contributed by atoms with E-state index in [0.717, 1.165) is 12.2 Å². The molecule has 0 bridgehead atoms. The van der Waals surface area contributed by atoms with Crippen molar-refractivity contribution in [2.75, 3.05) is 14.1 Å². The smallest absolute Gasteiger partial charge is 0.0967 e. The summed E-state index contributed by atoms with van der Waals surface area (Å²) < 4.78 is 1.89. The van der Waals surface area contributed by atoms with Crippen LogP contribution in [-0.4, -0.2) is 34.0 Å². The zero-order valence-corrected chi connectivity index (χ0v) is 9.07. The zero-order chi connectivity index (χ0) is 10.1. The first-order chi connectivity index (χ1) is 5.89. The molecule has 0 atom stereocenters. The van der Waals surface area contributed by atoms with Gasteiger partial charge in [0.25, 0.3) is 0 Å².